The lowest BCUT2D eigenvalue weighted by Crippen LogP contribution is -2.15. The molecule has 140 valence electrons. The Balaban J connectivity index is 3.32. The molecule has 0 atom stereocenters. The van der Waals surface area contributed by atoms with E-state index in [1.54, 1.807) is 6.92 Å². The second-order valence-corrected chi connectivity index (χ2v) is 6.84. The lowest BCUT2D eigenvalue weighted by atomic mass is 10.0. The van der Waals surface area contributed by atoms with Crippen LogP contribution in [0.15, 0.2) is 23.5 Å². The molecule has 0 spiro atoms. The van der Waals surface area contributed by atoms with E-state index in [1.807, 2.05) is 0 Å². The number of ketones is 1. The Morgan fingerprint density at radius 1 is 0.750 bits per heavy atom. The van der Waals surface area contributed by atoms with Crippen LogP contribution in [0, 0.1) is 0 Å². The molecule has 0 saturated carbocycles. The molecule has 0 fully saturated rings. The maximum Gasteiger partial charge on any atom is 0.162 e. The monoisotopic (exact) mass is 336 g/mol. The van der Waals surface area contributed by atoms with Crippen LogP contribution in [0.5, 0.6) is 0 Å². The first kappa shape index (κ1) is 22.8. The molecule has 0 aliphatic carbocycles. The van der Waals surface area contributed by atoms with E-state index in [4.69, 9.17) is 11.5 Å². The lowest BCUT2D eigenvalue weighted by molar-refractivity contribution is -0.115. The van der Waals surface area contributed by atoms with E-state index in [2.05, 4.69) is 19.1 Å². The highest BCUT2D eigenvalue weighted by atomic mass is 16.1. The Labute approximate surface area is 150 Å². The van der Waals surface area contributed by atoms with E-state index in [9.17, 15) is 4.79 Å². The number of carbonyl (C=O) groups excluding carboxylic acids is 1. The molecule has 0 aromatic carbocycles. The maximum absolute atomic E-state index is 11.7. The second-order valence-electron chi connectivity index (χ2n) is 6.84. The third-order valence-electron chi connectivity index (χ3n) is 4.52. The normalized spacial score (nSPS) is 11.1. The Bertz CT molecular complexity index is 368. The topological polar surface area (TPSA) is 69.1 Å². The van der Waals surface area contributed by atoms with Gasteiger partial charge in [-0.2, -0.15) is 0 Å². The summed E-state index contributed by atoms with van der Waals surface area (Å²) in [6.45, 7) is 3.97. The van der Waals surface area contributed by atoms with Crippen molar-refractivity contribution in [3.05, 3.63) is 23.5 Å². The fraction of sp³-hybridized carbons (Fsp3) is 0.762. The third kappa shape index (κ3) is 14.3. The summed E-state index contributed by atoms with van der Waals surface area (Å²) in [6.07, 6.45) is 21.7. The molecule has 0 unspecified atom stereocenters. The van der Waals surface area contributed by atoms with E-state index in [0.29, 0.717) is 12.0 Å². The summed E-state index contributed by atoms with van der Waals surface area (Å²) in [6, 6.07) is 0. The Kier molecular flexibility index (Phi) is 15.7. The van der Waals surface area contributed by atoms with E-state index >= 15 is 0 Å². The van der Waals surface area contributed by atoms with Crippen LogP contribution >= 0.6 is 0 Å². The van der Waals surface area contributed by atoms with Gasteiger partial charge in [-0.25, -0.2) is 0 Å². The van der Waals surface area contributed by atoms with Gasteiger partial charge in [0.25, 0.3) is 0 Å². The van der Waals surface area contributed by atoms with Gasteiger partial charge in [-0.15, -0.1) is 0 Å². The van der Waals surface area contributed by atoms with Gasteiger partial charge in [-0.3, -0.25) is 4.79 Å². The average molecular weight is 337 g/mol. The number of Topliss-reactive ketones (excluding diaryl/α,β-unsaturated/α-hetero) is 1. The van der Waals surface area contributed by atoms with E-state index in [1.165, 1.54) is 70.6 Å². The van der Waals surface area contributed by atoms with Crippen LogP contribution in [-0.2, 0) is 4.79 Å². The van der Waals surface area contributed by atoms with Gasteiger partial charge in [0.1, 0.15) is 0 Å². The molecule has 0 amide bonds. The fourth-order valence-corrected chi connectivity index (χ4v) is 2.70. The maximum atomic E-state index is 11.7. The van der Waals surface area contributed by atoms with Crippen LogP contribution in [0.1, 0.15) is 104 Å². The van der Waals surface area contributed by atoms with Gasteiger partial charge in [-0.05, 0) is 39.0 Å². The van der Waals surface area contributed by atoms with E-state index in [-0.39, 0.29) is 11.6 Å². The number of allylic oxidation sites excluding steroid dienone is 3. The SMILES string of the molecule is CCCCCCCCC=CCCCCCCCC(=O)C(C)=C(N)N. The van der Waals surface area contributed by atoms with Gasteiger partial charge in [-0.1, -0.05) is 70.4 Å². The average Bonchev–Trinajstić information content (AvgIpc) is 2.57. The first-order chi connectivity index (χ1) is 11.6. The molecule has 0 saturated heterocycles. The summed E-state index contributed by atoms with van der Waals surface area (Å²) in [5, 5.41) is 0. The molecule has 0 bridgehead atoms. The van der Waals surface area contributed by atoms with Gasteiger partial charge in [0.05, 0.1) is 5.82 Å². The van der Waals surface area contributed by atoms with Crippen LogP contribution in [-0.4, -0.2) is 5.78 Å². The van der Waals surface area contributed by atoms with Crippen molar-refractivity contribution in [1.82, 2.24) is 0 Å². The smallest absolute Gasteiger partial charge is 0.162 e. The number of unbranched alkanes of at least 4 members (excludes halogenated alkanes) is 11. The van der Waals surface area contributed by atoms with Crippen molar-refractivity contribution in [2.24, 2.45) is 11.5 Å². The van der Waals surface area contributed by atoms with Crippen molar-refractivity contribution in [2.75, 3.05) is 0 Å². The second kappa shape index (κ2) is 16.6. The highest BCUT2D eigenvalue weighted by molar-refractivity contribution is 5.95. The quantitative estimate of drug-likeness (QED) is 0.214. The van der Waals surface area contributed by atoms with Crippen molar-refractivity contribution < 1.29 is 4.79 Å². The van der Waals surface area contributed by atoms with Gasteiger partial charge in [0.15, 0.2) is 5.78 Å². The van der Waals surface area contributed by atoms with Crippen molar-refractivity contribution >= 4 is 5.78 Å². The molecule has 0 aliphatic heterocycles. The van der Waals surface area contributed by atoms with Gasteiger partial charge in [0.2, 0.25) is 0 Å². The minimum atomic E-state index is 0.0904. The zero-order chi connectivity index (χ0) is 18.0. The molecule has 3 nitrogen and oxygen atoms in total. The van der Waals surface area contributed by atoms with E-state index < -0.39 is 0 Å². The molecule has 0 aromatic heterocycles. The number of rotatable bonds is 16. The van der Waals surface area contributed by atoms with Crippen molar-refractivity contribution in [3.63, 3.8) is 0 Å². The number of hydrogen-bond donors (Lipinski definition) is 2. The largest absolute Gasteiger partial charge is 0.385 e. The van der Waals surface area contributed by atoms with Gasteiger partial charge < -0.3 is 11.5 Å². The third-order valence-corrected chi connectivity index (χ3v) is 4.52. The minimum absolute atomic E-state index is 0.0904. The van der Waals surface area contributed by atoms with Crippen LogP contribution < -0.4 is 11.5 Å². The first-order valence-corrected chi connectivity index (χ1v) is 9.99. The minimum Gasteiger partial charge on any atom is -0.385 e. The highest BCUT2D eigenvalue weighted by Crippen LogP contribution is 2.11. The zero-order valence-electron chi connectivity index (χ0n) is 16.1. The summed E-state index contributed by atoms with van der Waals surface area (Å²) in [7, 11) is 0. The predicted molar refractivity (Wildman–Crippen MR) is 106 cm³/mol. The standard InChI is InChI=1S/C21H40N2O/c1-3-4-5-6-7-8-9-10-11-12-13-14-15-16-17-18-20(24)19(2)21(22)23/h10-11H,3-9,12-18,22-23H2,1-2H3. The molecule has 24 heavy (non-hydrogen) atoms. The van der Waals surface area contributed by atoms with Crippen LogP contribution in [0.4, 0.5) is 0 Å². The summed E-state index contributed by atoms with van der Waals surface area (Å²) in [5.41, 5.74) is 11.4. The van der Waals surface area contributed by atoms with Crippen molar-refractivity contribution in [1.29, 1.82) is 0 Å². The van der Waals surface area contributed by atoms with Crippen LogP contribution in [0.3, 0.4) is 0 Å². The van der Waals surface area contributed by atoms with Crippen LogP contribution in [0.2, 0.25) is 0 Å². The van der Waals surface area contributed by atoms with Gasteiger partial charge >= 0.3 is 0 Å². The molecular formula is C21H40N2O. The van der Waals surface area contributed by atoms with Crippen LogP contribution in [0.25, 0.3) is 0 Å². The highest BCUT2D eigenvalue weighted by Gasteiger charge is 2.06. The Morgan fingerprint density at radius 3 is 1.71 bits per heavy atom. The molecule has 4 N–H and O–H groups in total. The number of carbonyl (C=O) groups is 1. The molecule has 3 heteroatoms. The van der Waals surface area contributed by atoms with Gasteiger partial charge in [0, 0.05) is 12.0 Å². The predicted octanol–water partition coefficient (Wildman–Crippen LogP) is 5.74. The molecular weight excluding hydrogens is 296 g/mol. The number of hydrogen-bond acceptors (Lipinski definition) is 3. The summed E-state index contributed by atoms with van der Waals surface area (Å²) in [5.74, 6) is 0.250. The zero-order valence-corrected chi connectivity index (χ0v) is 16.1. The number of nitrogens with two attached hydrogens (primary N) is 2. The first-order valence-electron chi connectivity index (χ1n) is 9.99. The molecule has 0 heterocycles. The van der Waals surface area contributed by atoms with Crippen molar-refractivity contribution in [3.8, 4) is 0 Å². The van der Waals surface area contributed by atoms with Crippen molar-refractivity contribution in [2.45, 2.75) is 104 Å². The fourth-order valence-electron chi connectivity index (χ4n) is 2.70. The molecule has 0 radical (unpaired) electrons. The summed E-state index contributed by atoms with van der Waals surface area (Å²) < 4.78 is 0. The van der Waals surface area contributed by atoms with E-state index in [0.717, 1.165) is 12.8 Å². The molecule has 0 aliphatic rings. The Hall–Kier alpha value is -1.25. The summed E-state index contributed by atoms with van der Waals surface area (Å²) in [4.78, 5) is 11.7. The summed E-state index contributed by atoms with van der Waals surface area (Å²) >= 11 is 0. The molecule has 0 rings (SSSR count). The molecule has 0 aromatic rings. The lowest BCUT2D eigenvalue weighted by Gasteiger charge is -2.03. The Morgan fingerprint density at radius 2 is 1.21 bits per heavy atom.